The first-order valence-corrected chi connectivity index (χ1v) is 8.41. The minimum absolute atomic E-state index is 1.14. The minimum atomic E-state index is 1.14. The van der Waals surface area contributed by atoms with Crippen LogP contribution in [0, 0.1) is 0 Å². The van der Waals surface area contributed by atoms with Gasteiger partial charge in [0.25, 0.3) is 0 Å². The first-order chi connectivity index (χ1) is 9.90. The Morgan fingerprint density at radius 1 is 0.800 bits per heavy atom. The van der Waals surface area contributed by atoms with Crippen LogP contribution in [0.15, 0.2) is 30.0 Å². The van der Waals surface area contributed by atoms with E-state index < -0.39 is 0 Å². The highest BCUT2D eigenvalue weighted by molar-refractivity contribution is 5.71. The van der Waals surface area contributed by atoms with Gasteiger partial charge in [-0.25, -0.2) is 0 Å². The highest BCUT2D eigenvalue weighted by atomic mass is 14.9. The molecule has 109 valence electrons. The molecule has 2 rings (SSSR count). The molecule has 0 spiro atoms. The van der Waals surface area contributed by atoms with Gasteiger partial charge in [-0.3, -0.25) is 5.32 Å². The zero-order chi connectivity index (χ0) is 14.0. The molecule has 0 saturated carbocycles. The number of fused-ring (bicyclic) bond motifs is 1. The van der Waals surface area contributed by atoms with Crippen LogP contribution in [0.4, 0.5) is 5.69 Å². The topological polar surface area (TPSA) is 14.1 Å². The maximum atomic E-state index is 4.68. The molecule has 1 radical (unpaired) electrons. The first-order valence-electron chi connectivity index (χ1n) is 8.41. The van der Waals surface area contributed by atoms with Crippen LogP contribution < -0.4 is 5.32 Å². The number of benzene rings is 1. The van der Waals surface area contributed by atoms with Crippen LogP contribution in [0.1, 0.15) is 76.7 Å². The van der Waals surface area contributed by atoms with E-state index in [1.165, 1.54) is 69.0 Å². The van der Waals surface area contributed by atoms with E-state index >= 15 is 0 Å². The van der Waals surface area contributed by atoms with Crippen LogP contribution in [-0.2, 0) is 0 Å². The number of hydrogen-bond acceptors (Lipinski definition) is 0. The van der Waals surface area contributed by atoms with Crippen molar-refractivity contribution in [2.24, 2.45) is 0 Å². The monoisotopic (exact) mass is 270 g/mol. The number of rotatable bonds is 10. The Hall–Kier alpha value is -1.24. The van der Waals surface area contributed by atoms with Crippen LogP contribution in [0.3, 0.4) is 0 Å². The molecule has 20 heavy (non-hydrogen) atoms. The summed E-state index contributed by atoms with van der Waals surface area (Å²) in [6, 6.07) is 8.42. The third kappa shape index (κ3) is 5.03. The van der Waals surface area contributed by atoms with E-state index in [-0.39, 0.29) is 0 Å². The lowest BCUT2D eigenvalue weighted by Gasteiger charge is -2.03. The average molecular weight is 270 g/mol. The molecule has 0 aliphatic carbocycles. The summed E-state index contributed by atoms with van der Waals surface area (Å²) in [5.41, 5.74) is 3.71. The predicted octanol–water partition coefficient (Wildman–Crippen LogP) is 6.20. The number of allylic oxidation sites excluding steroid dienone is 1. The first kappa shape index (κ1) is 15.2. The van der Waals surface area contributed by atoms with Gasteiger partial charge in [0.1, 0.15) is 0 Å². The Morgan fingerprint density at radius 2 is 1.45 bits per heavy atom. The van der Waals surface area contributed by atoms with Crippen molar-refractivity contribution in [1.29, 1.82) is 0 Å². The second-order valence-electron chi connectivity index (χ2n) is 5.88. The Balaban J connectivity index is 1.49. The van der Waals surface area contributed by atoms with Crippen LogP contribution in [0.5, 0.6) is 0 Å². The fraction of sp³-hybridized carbons (Fsp3) is 0.579. The normalized spacial score (nSPS) is 12.9. The average Bonchev–Trinajstić information content (AvgIpc) is 2.88. The van der Waals surface area contributed by atoms with Gasteiger partial charge >= 0.3 is 0 Å². The molecule has 1 aliphatic heterocycles. The number of hydrogen-bond donors (Lipinski definition) is 0. The number of unbranched alkanes of at least 4 members (excludes halogenated alkanes) is 8. The standard InChI is InChI=1S/C19H28N/c1-2-3-4-5-6-7-8-9-10-14-18-16-17-13-11-12-15-19(17)20-18/h11-13,15-16H,2-10,14H2,1H3. The van der Waals surface area contributed by atoms with Crippen molar-refractivity contribution in [3.05, 3.63) is 35.5 Å². The van der Waals surface area contributed by atoms with Crippen molar-refractivity contribution in [2.75, 3.05) is 0 Å². The van der Waals surface area contributed by atoms with E-state index in [4.69, 9.17) is 0 Å². The maximum absolute atomic E-state index is 4.68. The summed E-state index contributed by atoms with van der Waals surface area (Å²) in [6.45, 7) is 2.28. The third-order valence-electron chi connectivity index (χ3n) is 4.06. The molecule has 0 unspecified atom stereocenters. The SMILES string of the molecule is CCCCCCCCCCCC1=Cc2ccccc2[N]1. The molecule has 1 nitrogen and oxygen atoms in total. The third-order valence-corrected chi connectivity index (χ3v) is 4.06. The van der Waals surface area contributed by atoms with Crippen molar-refractivity contribution in [1.82, 2.24) is 5.32 Å². The molecule has 0 bridgehead atoms. The van der Waals surface area contributed by atoms with Crippen LogP contribution in [0.25, 0.3) is 6.08 Å². The Kier molecular flexibility index (Phi) is 6.70. The fourth-order valence-corrected chi connectivity index (χ4v) is 2.82. The molecular weight excluding hydrogens is 242 g/mol. The highest BCUT2D eigenvalue weighted by Gasteiger charge is 2.11. The number of para-hydroxylation sites is 1. The maximum Gasteiger partial charge on any atom is 0.0705 e. The summed E-state index contributed by atoms with van der Waals surface area (Å²) in [7, 11) is 0. The van der Waals surface area contributed by atoms with Gasteiger partial charge in [-0.15, -0.1) is 0 Å². The van der Waals surface area contributed by atoms with Crippen molar-refractivity contribution in [3.63, 3.8) is 0 Å². The Labute approximate surface area is 124 Å². The van der Waals surface area contributed by atoms with Gasteiger partial charge in [-0.05, 0) is 25.0 Å². The van der Waals surface area contributed by atoms with Gasteiger partial charge in [0, 0.05) is 11.3 Å². The fourth-order valence-electron chi connectivity index (χ4n) is 2.82. The summed E-state index contributed by atoms with van der Waals surface area (Å²) < 4.78 is 0. The zero-order valence-corrected chi connectivity index (χ0v) is 12.9. The van der Waals surface area contributed by atoms with Gasteiger partial charge in [0.15, 0.2) is 0 Å². The van der Waals surface area contributed by atoms with E-state index in [2.05, 4.69) is 42.6 Å². The smallest absolute Gasteiger partial charge is 0.0705 e. The van der Waals surface area contributed by atoms with E-state index in [9.17, 15) is 0 Å². The molecule has 0 saturated heterocycles. The van der Waals surface area contributed by atoms with Crippen LogP contribution in [0.2, 0.25) is 0 Å². The van der Waals surface area contributed by atoms with Gasteiger partial charge in [0.2, 0.25) is 0 Å². The van der Waals surface area contributed by atoms with Crippen molar-refractivity contribution in [3.8, 4) is 0 Å². The summed E-state index contributed by atoms with van der Waals surface area (Å²) >= 11 is 0. The molecule has 1 aliphatic rings. The lowest BCUT2D eigenvalue weighted by Crippen LogP contribution is -1.92. The summed E-state index contributed by atoms with van der Waals surface area (Å²) in [4.78, 5) is 0. The van der Waals surface area contributed by atoms with Crippen molar-refractivity contribution in [2.45, 2.75) is 71.1 Å². The van der Waals surface area contributed by atoms with Gasteiger partial charge in [0.05, 0.1) is 5.69 Å². The zero-order valence-electron chi connectivity index (χ0n) is 12.9. The quantitative estimate of drug-likeness (QED) is 0.449. The van der Waals surface area contributed by atoms with Gasteiger partial charge < -0.3 is 0 Å². The molecule has 1 heterocycles. The molecule has 0 amide bonds. The van der Waals surface area contributed by atoms with Gasteiger partial charge in [-0.1, -0.05) is 76.5 Å². The second kappa shape index (κ2) is 8.84. The van der Waals surface area contributed by atoms with E-state index in [0.717, 1.165) is 12.1 Å². The Morgan fingerprint density at radius 3 is 2.15 bits per heavy atom. The molecule has 0 N–H and O–H groups in total. The molecule has 1 heteroatoms. The largest absolute Gasteiger partial charge is 0.253 e. The predicted molar refractivity (Wildman–Crippen MR) is 88.1 cm³/mol. The van der Waals surface area contributed by atoms with Crippen LogP contribution >= 0.6 is 0 Å². The lowest BCUT2D eigenvalue weighted by atomic mass is 10.1. The van der Waals surface area contributed by atoms with E-state index in [1.54, 1.807) is 0 Å². The lowest BCUT2D eigenvalue weighted by molar-refractivity contribution is 0.563. The van der Waals surface area contributed by atoms with E-state index in [1.807, 2.05) is 0 Å². The molecule has 1 aromatic carbocycles. The summed E-state index contributed by atoms with van der Waals surface area (Å²) in [6.07, 6.45) is 15.9. The molecule has 0 aromatic heterocycles. The summed E-state index contributed by atoms with van der Waals surface area (Å²) in [5.74, 6) is 0. The molecule has 1 aromatic rings. The minimum Gasteiger partial charge on any atom is -0.253 e. The number of nitrogens with zero attached hydrogens (tertiary/aromatic N) is 1. The Bertz CT molecular complexity index is 420. The second-order valence-corrected chi connectivity index (χ2v) is 5.88. The van der Waals surface area contributed by atoms with Crippen LogP contribution in [-0.4, -0.2) is 0 Å². The molecule has 0 atom stereocenters. The molecule has 0 fully saturated rings. The van der Waals surface area contributed by atoms with E-state index in [0.29, 0.717) is 0 Å². The van der Waals surface area contributed by atoms with Crippen molar-refractivity contribution >= 4 is 11.8 Å². The van der Waals surface area contributed by atoms with Gasteiger partial charge in [-0.2, -0.15) is 0 Å². The summed E-state index contributed by atoms with van der Waals surface area (Å²) in [5, 5.41) is 4.68. The molecular formula is C19H28N. The highest BCUT2D eigenvalue weighted by Crippen LogP contribution is 2.29. The van der Waals surface area contributed by atoms with Crippen molar-refractivity contribution < 1.29 is 0 Å².